The first-order chi connectivity index (χ1) is 12.5. The summed E-state index contributed by atoms with van der Waals surface area (Å²) in [6.07, 6.45) is 0. The summed E-state index contributed by atoms with van der Waals surface area (Å²) < 4.78 is 15.5. The Morgan fingerprint density at radius 3 is 2.69 bits per heavy atom. The molecule has 0 saturated heterocycles. The van der Waals surface area contributed by atoms with Gasteiger partial charge in [0, 0.05) is 6.07 Å². The molecule has 0 radical (unpaired) electrons. The van der Waals surface area contributed by atoms with Crippen molar-refractivity contribution in [3.05, 3.63) is 40.3 Å². The van der Waals surface area contributed by atoms with Crippen LogP contribution >= 0.6 is 11.3 Å². The second-order valence-electron chi connectivity index (χ2n) is 5.11. The standard InChI is InChI=1S/C18H18N2O5S/c1-4-24-18(22)16-11(2)14(9-19)17(26-16)20-15(21)10-25-13-7-5-6-12(8-13)23-3/h5-8H,4,10H2,1-3H3,(H,20,21). The lowest BCUT2D eigenvalue weighted by Gasteiger charge is -2.08. The molecule has 2 rings (SSSR count). The number of amides is 1. The lowest BCUT2D eigenvalue weighted by molar-refractivity contribution is -0.118. The van der Waals surface area contributed by atoms with Crippen LogP contribution in [0.2, 0.25) is 0 Å². The van der Waals surface area contributed by atoms with Gasteiger partial charge in [0.2, 0.25) is 0 Å². The number of anilines is 1. The number of nitrogens with one attached hydrogen (secondary N) is 1. The van der Waals surface area contributed by atoms with Crippen LogP contribution in [0, 0.1) is 18.3 Å². The molecule has 26 heavy (non-hydrogen) atoms. The maximum atomic E-state index is 12.1. The van der Waals surface area contributed by atoms with Gasteiger partial charge in [0.15, 0.2) is 6.61 Å². The van der Waals surface area contributed by atoms with E-state index in [2.05, 4.69) is 5.32 Å². The minimum absolute atomic E-state index is 0.230. The topological polar surface area (TPSA) is 97.7 Å². The Bertz CT molecular complexity index is 854. The van der Waals surface area contributed by atoms with Crippen molar-refractivity contribution in [2.24, 2.45) is 0 Å². The third-order valence-corrected chi connectivity index (χ3v) is 4.57. The summed E-state index contributed by atoms with van der Waals surface area (Å²) in [5.41, 5.74) is 0.729. The smallest absolute Gasteiger partial charge is 0.348 e. The maximum absolute atomic E-state index is 12.1. The number of carbonyl (C=O) groups is 2. The molecule has 1 aromatic carbocycles. The van der Waals surface area contributed by atoms with Gasteiger partial charge >= 0.3 is 5.97 Å². The summed E-state index contributed by atoms with van der Waals surface area (Å²) in [4.78, 5) is 24.4. The number of rotatable bonds is 7. The van der Waals surface area contributed by atoms with E-state index in [-0.39, 0.29) is 18.8 Å². The third kappa shape index (κ3) is 4.52. The Labute approximate surface area is 155 Å². The number of hydrogen-bond donors (Lipinski definition) is 1. The molecule has 0 saturated carbocycles. The highest BCUT2D eigenvalue weighted by Crippen LogP contribution is 2.33. The number of nitriles is 1. The van der Waals surface area contributed by atoms with Crippen LogP contribution in [0.5, 0.6) is 11.5 Å². The molecule has 0 aliphatic rings. The number of thiophene rings is 1. The van der Waals surface area contributed by atoms with E-state index in [1.165, 1.54) is 7.11 Å². The van der Waals surface area contributed by atoms with Crippen molar-refractivity contribution in [2.45, 2.75) is 13.8 Å². The largest absolute Gasteiger partial charge is 0.497 e. The van der Waals surface area contributed by atoms with E-state index >= 15 is 0 Å². The molecule has 8 heteroatoms. The summed E-state index contributed by atoms with van der Waals surface area (Å²) in [7, 11) is 1.54. The second kappa shape index (κ2) is 8.87. The number of ether oxygens (including phenoxy) is 3. The van der Waals surface area contributed by atoms with E-state index in [4.69, 9.17) is 14.2 Å². The lowest BCUT2D eigenvalue weighted by atomic mass is 10.2. The molecule has 0 fully saturated rings. The molecule has 0 spiro atoms. The zero-order valence-corrected chi connectivity index (χ0v) is 15.4. The first-order valence-corrected chi connectivity index (χ1v) is 8.59. The fraction of sp³-hybridized carbons (Fsp3) is 0.278. The monoisotopic (exact) mass is 374 g/mol. The van der Waals surface area contributed by atoms with Crippen LogP contribution in [0.25, 0.3) is 0 Å². The number of carbonyl (C=O) groups excluding carboxylic acids is 2. The van der Waals surface area contributed by atoms with Gasteiger partial charge in [0.05, 0.1) is 19.3 Å². The van der Waals surface area contributed by atoms with E-state index in [9.17, 15) is 14.9 Å². The van der Waals surface area contributed by atoms with Crippen molar-refractivity contribution in [3.8, 4) is 17.6 Å². The van der Waals surface area contributed by atoms with Crippen molar-refractivity contribution >= 4 is 28.2 Å². The Morgan fingerprint density at radius 1 is 1.31 bits per heavy atom. The van der Waals surface area contributed by atoms with E-state index in [1.54, 1.807) is 38.1 Å². The summed E-state index contributed by atoms with van der Waals surface area (Å²) in [6.45, 7) is 3.33. The Morgan fingerprint density at radius 2 is 2.04 bits per heavy atom. The van der Waals surface area contributed by atoms with Crippen molar-refractivity contribution in [3.63, 3.8) is 0 Å². The highest BCUT2D eigenvalue weighted by Gasteiger charge is 2.22. The van der Waals surface area contributed by atoms with Crippen LogP contribution in [0.3, 0.4) is 0 Å². The molecule has 2 aromatic rings. The fourth-order valence-corrected chi connectivity index (χ4v) is 3.20. The van der Waals surface area contributed by atoms with E-state index in [0.29, 0.717) is 26.9 Å². The molecular weight excluding hydrogens is 356 g/mol. The molecule has 1 aromatic heterocycles. The zero-order chi connectivity index (χ0) is 19.1. The minimum atomic E-state index is -0.514. The predicted octanol–water partition coefficient (Wildman–Crippen LogP) is 3.13. The van der Waals surface area contributed by atoms with E-state index < -0.39 is 11.9 Å². The second-order valence-corrected chi connectivity index (χ2v) is 6.13. The number of benzene rings is 1. The average molecular weight is 374 g/mol. The first kappa shape index (κ1) is 19.3. The average Bonchev–Trinajstić information content (AvgIpc) is 2.95. The first-order valence-electron chi connectivity index (χ1n) is 7.77. The van der Waals surface area contributed by atoms with Gasteiger partial charge in [-0.1, -0.05) is 6.07 Å². The Hall–Kier alpha value is -3.05. The summed E-state index contributed by atoms with van der Waals surface area (Å²) >= 11 is 1.01. The Kier molecular flexibility index (Phi) is 6.58. The van der Waals surface area contributed by atoms with Gasteiger partial charge in [-0.2, -0.15) is 5.26 Å². The molecule has 0 atom stereocenters. The van der Waals surface area contributed by atoms with Crippen LogP contribution in [0.1, 0.15) is 27.7 Å². The van der Waals surface area contributed by atoms with E-state index in [0.717, 1.165) is 11.3 Å². The molecule has 1 amide bonds. The van der Waals surface area contributed by atoms with Gasteiger partial charge in [-0.3, -0.25) is 4.79 Å². The van der Waals surface area contributed by atoms with Crippen molar-refractivity contribution in [2.75, 3.05) is 25.6 Å². The molecule has 0 bridgehead atoms. The van der Waals surface area contributed by atoms with Gasteiger partial charge in [-0.25, -0.2) is 4.79 Å². The van der Waals surface area contributed by atoms with Crippen LogP contribution in [-0.4, -0.2) is 32.2 Å². The van der Waals surface area contributed by atoms with Crippen molar-refractivity contribution in [1.29, 1.82) is 5.26 Å². The van der Waals surface area contributed by atoms with Gasteiger partial charge in [0.1, 0.15) is 27.4 Å². The quantitative estimate of drug-likeness (QED) is 0.748. The van der Waals surface area contributed by atoms with E-state index in [1.807, 2.05) is 6.07 Å². The fourth-order valence-electron chi connectivity index (χ4n) is 2.13. The normalized spacial score (nSPS) is 9.92. The van der Waals surface area contributed by atoms with Crippen molar-refractivity contribution < 1.29 is 23.8 Å². The highest BCUT2D eigenvalue weighted by atomic mass is 32.1. The Balaban J connectivity index is 2.07. The lowest BCUT2D eigenvalue weighted by Crippen LogP contribution is -2.20. The highest BCUT2D eigenvalue weighted by molar-refractivity contribution is 7.18. The molecule has 0 aliphatic heterocycles. The van der Waals surface area contributed by atoms with Crippen LogP contribution in [0.4, 0.5) is 5.00 Å². The molecule has 0 unspecified atom stereocenters. The molecule has 7 nitrogen and oxygen atoms in total. The number of hydrogen-bond acceptors (Lipinski definition) is 7. The summed E-state index contributed by atoms with van der Waals surface area (Å²) in [6, 6.07) is 8.87. The van der Waals surface area contributed by atoms with Gasteiger partial charge in [-0.05, 0) is 31.5 Å². The molecule has 1 heterocycles. The maximum Gasteiger partial charge on any atom is 0.348 e. The number of esters is 1. The number of methoxy groups -OCH3 is 1. The zero-order valence-electron chi connectivity index (χ0n) is 14.6. The van der Waals surface area contributed by atoms with Gasteiger partial charge in [-0.15, -0.1) is 11.3 Å². The van der Waals surface area contributed by atoms with Crippen LogP contribution in [0.15, 0.2) is 24.3 Å². The van der Waals surface area contributed by atoms with Crippen LogP contribution in [-0.2, 0) is 9.53 Å². The summed E-state index contributed by atoms with van der Waals surface area (Å²) in [5, 5.41) is 12.2. The van der Waals surface area contributed by atoms with Gasteiger partial charge in [0.25, 0.3) is 5.91 Å². The summed E-state index contributed by atoms with van der Waals surface area (Å²) in [5.74, 6) is 0.137. The van der Waals surface area contributed by atoms with Crippen molar-refractivity contribution in [1.82, 2.24) is 0 Å². The molecule has 0 aliphatic carbocycles. The SMILES string of the molecule is CCOC(=O)c1sc(NC(=O)COc2cccc(OC)c2)c(C#N)c1C. The van der Waals surface area contributed by atoms with Crippen LogP contribution < -0.4 is 14.8 Å². The molecule has 1 N–H and O–H groups in total. The predicted molar refractivity (Wildman–Crippen MR) is 96.8 cm³/mol. The van der Waals surface area contributed by atoms with Gasteiger partial charge < -0.3 is 19.5 Å². The molecule has 136 valence electrons. The number of nitrogens with zero attached hydrogens (tertiary/aromatic N) is 1. The molecular formula is C18H18N2O5S. The minimum Gasteiger partial charge on any atom is -0.497 e. The third-order valence-electron chi connectivity index (χ3n) is 3.38.